The molecule has 1 atom stereocenters. The van der Waals surface area contributed by atoms with Gasteiger partial charge in [-0.25, -0.2) is 4.39 Å². The standard InChI is InChI=1S/C10H14FNO3/c1-14-9-3-6(8(12)5-13)7(11)4-10(9)15-2/h3-4,8,13H,5,12H2,1-2H3/t8-/m1/s1. The number of benzene rings is 1. The summed E-state index contributed by atoms with van der Waals surface area (Å²) in [6.07, 6.45) is 0. The van der Waals surface area contributed by atoms with Gasteiger partial charge < -0.3 is 20.3 Å². The summed E-state index contributed by atoms with van der Waals surface area (Å²) in [5.41, 5.74) is 5.73. The van der Waals surface area contributed by atoms with Gasteiger partial charge in [0.15, 0.2) is 11.5 Å². The van der Waals surface area contributed by atoms with Crippen molar-refractivity contribution in [3.8, 4) is 11.5 Å². The molecule has 0 spiro atoms. The molecule has 15 heavy (non-hydrogen) atoms. The van der Waals surface area contributed by atoms with Crippen molar-refractivity contribution in [1.29, 1.82) is 0 Å². The van der Waals surface area contributed by atoms with Gasteiger partial charge in [-0.15, -0.1) is 0 Å². The molecule has 5 heteroatoms. The number of hydrogen-bond donors (Lipinski definition) is 2. The fraction of sp³-hybridized carbons (Fsp3) is 0.400. The summed E-state index contributed by atoms with van der Waals surface area (Å²) in [6.45, 7) is -0.327. The third kappa shape index (κ3) is 2.37. The highest BCUT2D eigenvalue weighted by molar-refractivity contribution is 5.44. The van der Waals surface area contributed by atoms with E-state index in [0.717, 1.165) is 0 Å². The summed E-state index contributed by atoms with van der Waals surface area (Å²) in [5, 5.41) is 8.84. The van der Waals surface area contributed by atoms with Gasteiger partial charge in [0.2, 0.25) is 0 Å². The highest BCUT2D eigenvalue weighted by Gasteiger charge is 2.15. The summed E-state index contributed by atoms with van der Waals surface area (Å²) < 4.78 is 23.4. The lowest BCUT2D eigenvalue weighted by Gasteiger charge is -2.14. The molecule has 0 radical (unpaired) electrons. The Bertz CT molecular complexity index is 344. The van der Waals surface area contributed by atoms with Crippen LogP contribution >= 0.6 is 0 Å². The number of aliphatic hydroxyl groups excluding tert-OH is 1. The minimum absolute atomic E-state index is 0.204. The van der Waals surface area contributed by atoms with Gasteiger partial charge in [-0.05, 0) is 6.07 Å². The first-order valence-corrected chi connectivity index (χ1v) is 4.41. The summed E-state index contributed by atoms with van der Waals surface area (Å²) in [6, 6.07) is 1.85. The lowest BCUT2D eigenvalue weighted by molar-refractivity contribution is 0.264. The Morgan fingerprint density at radius 2 is 1.87 bits per heavy atom. The quantitative estimate of drug-likeness (QED) is 0.781. The van der Waals surface area contributed by atoms with E-state index < -0.39 is 11.9 Å². The van der Waals surface area contributed by atoms with Crippen LogP contribution in [0, 0.1) is 5.82 Å². The molecule has 1 aromatic rings. The number of halogens is 1. The van der Waals surface area contributed by atoms with E-state index in [0.29, 0.717) is 11.5 Å². The van der Waals surface area contributed by atoms with Crippen LogP contribution in [0.15, 0.2) is 12.1 Å². The van der Waals surface area contributed by atoms with E-state index in [1.54, 1.807) is 0 Å². The van der Waals surface area contributed by atoms with Crippen molar-refractivity contribution in [2.24, 2.45) is 5.73 Å². The van der Waals surface area contributed by atoms with Crippen molar-refractivity contribution in [3.63, 3.8) is 0 Å². The van der Waals surface area contributed by atoms with Crippen LogP contribution in [0.2, 0.25) is 0 Å². The molecule has 0 saturated heterocycles. The van der Waals surface area contributed by atoms with E-state index in [1.807, 2.05) is 0 Å². The molecule has 3 N–H and O–H groups in total. The van der Waals surface area contributed by atoms with Crippen LogP contribution in [-0.2, 0) is 0 Å². The van der Waals surface area contributed by atoms with Crippen molar-refractivity contribution in [1.82, 2.24) is 0 Å². The SMILES string of the molecule is COc1cc(F)c([C@H](N)CO)cc1OC. The molecule has 0 heterocycles. The number of aliphatic hydroxyl groups is 1. The minimum atomic E-state index is -0.759. The monoisotopic (exact) mass is 215 g/mol. The van der Waals surface area contributed by atoms with Crippen LogP contribution in [0.5, 0.6) is 11.5 Å². The average Bonchev–Trinajstić information content (AvgIpc) is 2.27. The number of rotatable bonds is 4. The van der Waals surface area contributed by atoms with Gasteiger partial charge in [-0.2, -0.15) is 0 Å². The van der Waals surface area contributed by atoms with E-state index in [4.69, 9.17) is 20.3 Å². The van der Waals surface area contributed by atoms with E-state index >= 15 is 0 Å². The van der Waals surface area contributed by atoms with Crippen molar-refractivity contribution < 1.29 is 19.0 Å². The van der Waals surface area contributed by atoms with Crippen molar-refractivity contribution in [2.45, 2.75) is 6.04 Å². The minimum Gasteiger partial charge on any atom is -0.493 e. The Balaban J connectivity index is 3.19. The van der Waals surface area contributed by atoms with Crippen LogP contribution in [0.3, 0.4) is 0 Å². The predicted octanol–water partition coefficient (Wildman–Crippen LogP) is 0.835. The Morgan fingerprint density at radius 1 is 1.33 bits per heavy atom. The molecule has 4 nitrogen and oxygen atoms in total. The second-order valence-corrected chi connectivity index (χ2v) is 3.02. The molecule has 0 amide bonds. The molecule has 1 aromatic carbocycles. The van der Waals surface area contributed by atoms with Gasteiger partial charge in [-0.3, -0.25) is 0 Å². The Hall–Kier alpha value is -1.33. The third-order valence-corrected chi connectivity index (χ3v) is 2.10. The summed E-state index contributed by atoms with van der Waals surface area (Å²) in [7, 11) is 2.87. The fourth-order valence-corrected chi connectivity index (χ4v) is 1.25. The van der Waals surface area contributed by atoms with Crippen molar-refractivity contribution in [2.75, 3.05) is 20.8 Å². The van der Waals surface area contributed by atoms with Gasteiger partial charge in [0.1, 0.15) is 5.82 Å². The predicted molar refractivity (Wildman–Crippen MR) is 53.5 cm³/mol. The third-order valence-electron chi connectivity index (χ3n) is 2.10. The maximum Gasteiger partial charge on any atom is 0.163 e. The first-order chi connectivity index (χ1) is 7.13. The zero-order chi connectivity index (χ0) is 11.4. The molecule has 0 bridgehead atoms. The second kappa shape index (κ2) is 4.95. The Labute approximate surface area is 87.4 Å². The molecule has 0 unspecified atom stereocenters. The highest BCUT2D eigenvalue weighted by atomic mass is 19.1. The molecule has 0 aliphatic rings. The lowest BCUT2D eigenvalue weighted by atomic mass is 10.1. The lowest BCUT2D eigenvalue weighted by Crippen LogP contribution is -2.16. The van der Waals surface area contributed by atoms with Crippen LogP contribution in [0.4, 0.5) is 4.39 Å². The first-order valence-electron chi connectivity index (χ1n) is 4.41. The smallest absolute Gasteiger partial charge is 0.163 e. The normalized spacial score (nSPS) is 12.3. The molecule has 0 aliphatic heterocycles. The molecular weight excluding hydrogens is 201 g/mol. The molecule has 0 aromatic heterocycles. The average molecular weight is 215 g/mol. The fourth-order valence-electron chi connectivity index (χ4n) is 1.25. The number of hydrogen-bond acceptors (Lipinski definition) is 4. The maximum atomic E-state index is 13.5. The van der Waals surface area contributed by atoms with Gasteiger partial charge in [0.25, 0.3) is 0 Å². The van der Waals surface area contributed by atoms with Gasteiger partial charge in [-0.1, -0.05) is 0 Å². The summed E-state index contributed by atoms with van der Waals surface area (Å²) >= 11 is 0. The van der Waals surface area contributed by atoms with Gasteiger partial charge in [0.05, 0.1) is 26.9 Å². The zero-order valence-electron chi connectivity index (χ0n) is 8.66. The van der Waals surface area contributed by atoms with E-state index in [2.05, 4.69) is 0 Å². The molecule has 0 fully saturated rings. The van der Waals surface area contributed by atoms with E-state index in [9.17, 15) is 4.39 Å². The Morgan fingerprint density at radius 3 is 2.33 bits per heavy atom. The summed E-state index contributed by atoms with van der Waals surface area (Å²) in [4.78, 5) is 0. The van der Waals surface area contributed by atoms with E-state index in [-0.39, 0.29) is 12.2 Å². The van der Waals surface area contributed by atoms with Gasteiger partial charge >= 0.3 is 0 Å². The van der Waals surface area contributed by atoms with Crippen LogP contribution in [-0.4, -0.2) is 25.9 Å². The zero-order valence-corrected chi connectivity index (χ0v) is 8.66. The first kappa shape index (κ1) is 11.7. The number of nitrogens with two attached hydrogens (primary N) is 1. The van der Waals surface area contributed by atoms with Crippen molar-refractivity contribution >= 4 is 0 Å². The molecular formula is C10H14FNO3. The van der Waals surface area contributed by atoms with E-state index in [1.165, 1.54) is 26.4 Å². The second-order valence-electron chi connectivity index (χ2n) is 3.02. The largest absolute Gasteiger partial charge is 0.493 e. The van der Waals surface area contributed by atoms with Crippen molar-refractivity contribution in [3.05, 3.63) is 23.5 Å². The van der Waals surface area contributed by atoms with Crippen LogP contribution < -0.4 is 15.2 Å². The molecule has 0 saturated carbocycles. The summed E-state index contributed by atoms with van der Waals surface area (Å²) in [5.74, 6) is 0.163. The van der Waals surface area contributed by atoms with Crippen LogP contribution in [0.25, 0.3) is 0 Å². The molecule has 1 rings (SSSR count). The van der Waals surface area contributed by atoms with Gasteiger partial charge in [0, 0.05) is 11.6 Å². The van der Waals surface area contributed by atoms with Crippen LogP contribution in [0.1, 0.15) is 11.6 Å². The number of methoxy groups -OCH3 is 2. The number of ether oxygens (including phenoxy) is 2. The maximum absolute atomic E-state index is 13.5. The molecule has 0 aliphatic carbocycles. The molecule has 84 valence electrons. The topological polar surface area (TPSA) is 64.7 Å². The Kier molecular flexibility index (Phi) is 3.88. The highest BCUT2D eigenvalue weighted by Crippen LogP contribution is 2.31.